The lowest BCUT2D eigenvalue weighted by Gasteiger charge is -2.22. The maximum absolute atomic E-state index is 13.2. The fourth-order valence-electron chi connectivity index (χ4n) is 2.27. The molecule has 0 aromatic heterocycles. The summed E-state index contributed by atoms with van der Waals surface area (Å²) in [7, 11) is 1.65. The van der Waals surface area contributed by atoms with Crippen molar-refractivity contribution in [2.24, 2.45) is 0 Å². The van der Waals surface area contributed by atoms with Crippen molar-refractivity contribution < 1.29 is 19.0 Å². The molecule has 1 amide bonds. The first kappa shape index (κ1) is 17.0. The van der Waals surface area contributed by atoms with Gasteiger partial charge in [0, 0.05) is 13.6 Å². The summed E-state index contributed by atoms with van der Waals surface area (Å²) in [6.45, 7) is 1.88. The number of amides is 1. The zero-order valence-electron chi connectivity index (χ0n) is 13.2. The summed E-state index contributed by atoms with van der Waals surface area (Å²) in [6.07, 6.45) is -0.678. The van der Waals surface area contributed by atoms with E-state index in [9.17, 15) is 9.18 Å². The fourth-order valence-corrected chi connectivity index (χ4v) is 2.27. The molecule has 0 saturated heterocycles. The van der Waals surface area contributed by atoms with Crippen LogP contribution in [0.5, 0.6) is 5.75 Å². The van der Waals surface area contributed by atoms with E-state index in [0.717, 1.165) is 11.1 Å². The Morgan fingerprint density at radius 2 is 1.91 bits per heavy atom. The number of halogens is 1. The molecule has 0 spiro atoms. The third-order valence-corrected chi connectivity index (χ3v) is 3.43. The highest BCUT2D eigenvalue weighted by Gasteiger charge is 2.19. The van der Waals surface area contributed by atoms with Gasteiger partial charge < -0.3 is 14.7 Å². The molecule has 0 radical (unpaired) electrons. The molecule has 1 atom stereocenters. The van der Waals surface area contributed by atoms with Crippen LogP contribution < -0.4 is 4.74 Å². The van der Waals surface area contributed by atoms with Crippen LogP contribution in [0.25, 0.3) is 0 Å². The first-order chi connectivity index (χ1) is 11.0. The number of ether oxygens (including phenoxy) is 1. The predicted octanol–water partition coefficient (Wildman–Crippen LogP) is 2.74. The molecule has 23 heavy (non-hydrogen) atoms. The van der Waals surface area contributed by atoms with E-state index < -0.39 is 6.10 Å². The lowest BCUT2D eigenvalue weighted by atomic mass is 10.2. The number of aliphatic hydroxyl groups excluding tert-OH is 1. The van der Waals surface area contributed by atoms with E-state index in [4.69, 9.17) is 9.84 Å². The maximum atomic E-state index is 13.2. The van der Waals surface area contributed by atoms with Gasteiger partial charge in [0.1, 0.15) is 11.6 Å². The smallest absolute Gasteiger partial charge is 0.263 e. The molecule has 0 bridgehead atoms. The maximum Gasteiger partial charge on any atom is 0.263 e. The van der Waals surface area contributed by atoms with Gasteiger partial charge in [0.25, 0.3) is 5.91 Å². The molecule has 4 nitrogen and oxygen atoms in total. The van der Waals surface area contributed by atoms with Gasteiger partial charge in [0.2, 0.25) is 0 Å². The van der Waals surface area contributed by atoms with E-state index in [0.29, 0.717) is 12.3 Å². The van der Waals surface area contributed by atoms with Gasteiger partial charge in [-0.25, -0.2) is 4.39 Å². The average Bonchev–Trinajstić information content (AvgIpc) is 2.54. The third-order valence-electron chi connectivity index (χ3n) is 3.43. The minimum absolute atomic E-state index is 0.0843. The number of benzene rings is 2. The van der Waals surface area contributed by atoms with E-state index in [2.05, 4.69) is 0 Å². The van der Waals surface area contributed by atoms with Crippen molar-refractivity contribution in [2.75, 3.05) is 7.05 Å². The summed E-state index contributed by atoms with van der Waals surface area (Å²) in [6, 6.07) is 13.1. The Kier molecular flexibility index (Phi) is 5.71. The van der Waals surface area contributed by atoms with E-state index in [1.165, 1.54) is 17.0 Å². The van der Waals surface area contributed by atoms with Gasteiger partial charge in [0.15, 0.2) is 6.10 Å². The molecular formula is C18H20FNO3. The van der Waals surface area contributed by atoms with Gasteiger partial charge in [-0.1, -0.05) is 24.3 Å². The zero-order valence-corrected chi connectivity index (χ0v) is 13.2. The topological polar surface area (TPSA) is 49.8 Å². The summed E-state index contributed by atoms with van der Waals surface area (Å²) in [5.74, 6) is -0.00585. The Morgan fingerprint density at radius 3 is 2.61 bits per heavy atom. The van der Waals surface area contributed by atoms with Crippen molar-refractivity contribution in [3.8, 4) is 5.75 Å². The van der Waals surface area contributed by atoms with E-state index in [1.54, 1.807) is 50.4 Å². The van der Waals surface area contributed by atoms with Crippen LogP contribution in [0.15, 0.2) is 48.5 Å². The van der Waals surface area contributed by atoms with Crippen molar-refractivity contribution in [1.29, 1.82) is 0 Å². The normalized spacial score (nSPS) is 11.8. The van der Waals surface area contributed by atoms with E-state index in [1.807, 2.05) is 0 Å². The van der Waals surface area contributed by atoms with E-state index in [-0.39, 0.29) is 18.3 Å². The first-order valence-corrected chi connectivity index (χ1v) is 7.35. The lowest BCUT2D eigenvalue weighted by molar-refractivity contribution is -0.137. The summed E-state index contributed by atoms with van der Waals surface area (Å²) in [5.41, 5.74) is 1.44. The van der Waals surface area contributed by atoms with Crippen LogP contribution in [0.3, 0.4) is 0 Å². The molecule has 122 valence electrons. The molecule has 1 N–H and O–H groups in total. The Balaban J connectivity index is 1.98. The number of rotatable bonds is 6. The van der Waals surface area contributed by atoms with Crippen LogP contribution in [-0.2, 0) is 17.9 Å². The number of carbonyl (C=O) groups excluding carboxylic acids is 1. The highest BCUT2D eigenvalue weighted by molar-refractivity contribution is 5.80. The quantitative estimate of drug-likeness (QED) is 0.891. The second-order valence-corrected chi connectivity index (χ2v) is 5.39. The van der Waals surface area contributed by atoms with Crippen molar-refractivity contribution in [1.82, 2.24) is 4.90 Å². The summed E-state index contributed by atoms with van der Waals surface area (Å²) in [5, 5.41) is 9.12. The lowest BCUT2D eigenvalue weighted by Crippen LogP contribution is -2.37. The molecule has 0 aliphatic rings. The van der Waals surface area contributed by atoms with Crippen LogP contribution in [-0.4, -0.2) is 29.1 Å². The van der Waals surface area contributed by atoms with Gasteiger partial charge >= 0.3 is 0 Å². The van der Waals surface area contributed by atoms with Gasteiger partial charge in [-0.2, -0.15) is 0 Å². The average molecular weight is 317 g/mol. The molecule has 2 aromatic rings. The fraction of sp³-hybridized carbons (Fsp3) is 0.278. The van der Waals surface area contributed by atoms with Crippen LogP contribution in [0.2, 0.25) is 0 Å². The minimum atomic E-state index is -0.678. The number of nitrogens with zero attached hydrogens (tertiary/aromatic N) is 1. The number of hydrogen-bond acceptors (Lipinski definition) is 3. The number of aliphatic hydroxyl groups is 1. The van der Waals surface area contributed by atoms with Crippen molar-refractivity contribution in [3.05, 3.63) is 65.5 Å². The SMILES string of the molecule is CC(Oc1cccc(CO)c1)C(=O)N(C)Cc1cccc(F)c1. The van der Waals surface area contributed by atoms with Gasteiger partial charge in [0.05, 0.1) is 6.61 Å². The van der Waals surface area contributed by atoms with Crippen molar-refractivity contribution >= 4 is 5.91 Å². The predicted molar refractivity (Wildman–Crippen MR) is 85.3 cm³/mol. The first-order valence-electron chi connectivity index (χ1n) is 7.35. The Morgan fingerprint density at radius 1 is 1.22 bits per heavy atom. The van der Waals surface area contributed by atoms with Gasteiger partial charge in [-0.15, -0.1) is 0 Å². The molecule has 0 aliphatic carbocycles. The van der Waals surface area contributed by atoms with Crippen LogP contribution in [0, 0.1) is 5.82 Å². The Bertz CT molecular complexity index is 675. The second-order valence-electron chi connectivity index (χ2n) is 5.39. The zero-order chi connectivity index (χ0) is 16.8. The monoisotopic (exact) mass is 317 g/mol. The van der Waals surface area contributed by atoms with Gasteiger partial charge in [-0.3, -0.25) is 4.79 Å². The molecule has 1 unspecified atom stereocenters. The van der Waals surface area contributed by atoms with Crippen LogP contribution >= 0.6 is 0 Å². The molecule has 0 aliphatic heterocycles. The molecule has 2 aromatic carbocycles. The number of hydrogen-bond donors (Lipinski definition) is 1. The molecule has 0 fully saturated rings. The Labute approximate surface area is 135 Å². The molecule has 0 heterocycles. The molecule has 2 rings (SSSR count). The van der Waals surface area contributed by atoms with Gasteiger partial charge in [-0.05, 0) is 42.3 Å². The standard InChI is InChI=1S/C18H20FNO3/c1-13(23-17-8-4-6-15(10-17)12-21)18(22)20(2)11-14-5-3-7-16(19)9-14/h3-10,13,21H,11-12H2,1-2H3. The van der Waals surface area contributed by atoms with E-state index >= 15 is 0 Å². The van der Waals surface area contributed by atoms with Crippen molar-refractivity contribution in [2.45, 2.75) is 26.2 Å². The summed E-state index contributed by atoms with van der Waals surface area (Å²) < 4.78 is 18.8. The number of likely N-dealkylation sites (N-methyl/N-ethyl adjacent to an activating group) is 1. The number of carbonyl (C=O) groups is 1. The molecule has 0 saturated carbocycles. The van der Waals surface area contributed by atoms with Crippen LogP contribution in [0.4, 0.5) is 4.39 Å². The second kappa shape index (κ2) is 7.74. The summed E-state index contributed by atoms with van der Waals surface area (Å²) >= 11 is 0. The van der Waals surface area contributed by atoms with Crippen LogP contribution in [0.1, 0.15) is 18.1 Å². The Hall–Kier alpha value is -2.40. The minimum Gasteiger partial charge on any atom is -0.481 e. The molecular weight excluding hydrogens is 297 g/mol. The largest absolute Gasteiger partial charge is 0.481 e. The van der Waals surface area contributed by atoms with Crippen molar-refractivity contribution in [3.63, 3.8) is 0 Å². The summed E-state index contributed by atoms with van der Waals surface area (Å²) in [4.78, 5) is 13.8. The highest BCUT2D eigenvalue weighted by Crippen LogP contribution is 2.16. The highest BCUT2D eigenvalue weighted by atomic mass is 19.1. The molecule has 5 heteroatoms. The third kappa shape index (κ3) is 4.79.